The first-order valence-electron chi connectivity index (χ1n) is 7.60. The fourth-order valence-electron chi connectivity index (χ4n) is 2.60. The SMILES string of the molecule is CC(C)CNCCN1c2ccccc2Sc2ccccc21. The van der Waals surface area contributed by atoms with E-state index in [0.29, 0.717) is 5.92 Å². The summed E-state index contributed by atoms with van der Waals surface area (Å²) in [5, 5.41) is 3.55. The summed E-state index contributed by atoms with van der Waals surface area (Å²) in [5.74, 6) is 0.696. The molecule has 0 aliphatic carbocycles. The lowest BCUT2D eigenvalue weighted by molar-refractivity contribution is 0.555. The summed E-state index contributed by atoms with van der Waals surface area (Å²) in [5.41, 5.74) is 2.65. The maximum Gasteiger partial charge on any atom is 0.0553 e. The van der Waals surface area contributed by atoms with Crippen molar-refractivity contribution >= 4 is 23.1 Å². The van der Waals surface area contributed by atoms with Crippen molar-refractivity contribution < 1.29 is 0 Å². The number of nitrogens with one attached hydrogen (secondary N) is 1. The van der Waals surface area contributed by atoms with Crippen molar-refractivity contribution in [3.8, 4) is 0 Å². The lowest BCUT2D eigenvalue weighted by Crippen LogP contribution is -2.32. The standard InChI is InChI=1S/C18H22N2S/c1-14(2)13-19-11-12-20-15-7-3-5-9-17(15)21-18-10-6-4-8-16(18)20/h3-10,14,19H,11-13H2,1-2H3. The van der Waals surface area contributed by atoms with Gasteiger partial charge in [-0.1, -0.05) is 49.9 Å². The Morgan fingerprint density at radius 1 is 0.952 bits per heavy atom. The van der Waals surface area contributed by atoms with Crippen molar-refractivity contribution in [2.45, 2.75) is 23.6 Å². The Hall–Kier alpha value is -1.45. The smallest absolute Gasteiger partial charge is 0.0553 e. The van der Waals surface area contributed by atoms with Gasteiger partial charge in [0.05, 0.1) is 11.4 Å². The zero-order valence-electron chi connectivity index (χ0n) is 12.7. The molecule has 1 N–H and O–H groups in total. The molecule has 0 aromatic heterocycles. The van der Waals surface area contributed by atoms with Crippen LogP contribution in [0.5, 0.6) is 0 Å². The molecule has 3 heteroatoms. The first-order valence-corrected chi connectivity index (χ1v) is 8.41. The molecule has 0 bridgehead atoms. The minimum Gasteiger partial charge on any atom is -0.338 e. The molecule has 2 aromatic carbocycles. The van der Waals surface area contributed by atoms with Crippen LogP contribution in [0.4, 0.5) is 11.4 Å². The first kappa shape index (κ1) is 14.5. The number of rotatable bonds is 5. The van der Waals surface area contributed by atoms with E-state index in [1.54, 1.807) is 0 Å². The number of anilines is 2. The quantitative estimate of drug-likeness (QED) is 0.816. The van der Waals surface area contributed by atoms with Gasteiger partial charge in [0.1, 0.15) is 0 Å². The number of para-hydroxylation sites is 2. The van der Waals surface area contributed by atoms with Crippen LogP contribution in [-0.2, 0) is 0 Å². The van der Waals surface area contributed by atoms with E-state index < -0.39 is 0 Å². The minimum absolute atomic E-state index is 0.696. The fourth-order valence-corrected chi connectivity index (χ4v) is 3.70. The summed E-state index contributed by atoms with van der Waals surface area (Å²) >= 11 is 1.87. The van der Waals surface area contributed by atoms with Gasteiger partial charge in [0, 0.05) is 22.9 Å². The minimum atomic E-state index is 0.696. The second kappa shape index (κ2) is 6.54. The Kier molecular flexibility index (Phi) is 4.51. The monoisotopic (exact) mass is 298 g/mol. The molecule has 0 radical (unpaired) electrons. The molecule has 0 atom stereocenters. The maximum atomic E-state index is 3.55. The average molecular weight is 298 g/mol. The largest absolute Gasteiger partial charge is 0.338 e. The number of hydrogen-bond acceptors (Lipinski definition) is 3. The van der Waals surface area contributed by atoms with Gasteiger partial charge in [-0.3, -0.25) is 0 Å². The zero-order chi connectivity index (χ0) is 14.7. The summed E-state index contributed by atoms with van der Waals surface area (Å²) in [6.45, 7) is 7.57. The molecule has 110 valence electrons. The van der Waals surface area contributed by atoms with Crippen molar-refractivity contribution in [3.63, 3.8) is 0 Å². The highest BCUT2D eigenvalue weighted by Gasteiger charge is 2.21. The molecule has 1 heterocycles. The Morgan fingerprint density at radius 3 is 2.10 bits per heavy atom. The van der Waals surface area contributed by atoms with Crippen LogP contribution in [0.2, 0.25) is 0 Å². The Bertz CT molecular complexity index is 564. The molecule has 0 fully saturated rings. The van der Waals surface area contributed by atoms with E-state index in [9.17, 15) is 0 Å². The second-order valence-electron chi connectivity index (χ2n) is 5.79. The third-order valence-corrected chi connectivity index (χ3v) is 4.73. The first-order chi connectivity index (χ1) is 10.3. The summed E-state index contributed by atoms with van der Waals surface area (Å²) in [7, 11) is 0. The van der Waals surface area contributed by atoms with Crippen molar-refractivity contribution in [2.24, 2.45) is 5.92 Å². The van der Waals surface area contributed by atoms with Gasteiger partial charge >= 0.3 is 0 Å². The van der Waals surface area contributed by atoms with Gasteiger partial charge in [-0.25, -0.2) is 0 Å². The average Bonchev–Trinajstić information content (AvgIpc) is 2.50. The molecule has 2 nitrogen and oxygen atoms in total. The maximum absolute atomic E-state index is 3.55. The van der Waals surface area contributed by atoms with E-state index in [1.807, 2.05) is 11.8 Å². The lowest BCUT2D eigenvalue weighted by Gasteiger charge is -2.32. The van der Waals surface area contributed by atoms with Gasteiger partial charge in [-0.05, 0) is 36.7 Å². The number of fused-ring (bicyclic) bond motifs is 2. The van der Waals surface area contributed by atoms with E-state index in [2.05, 4.69) is 72.6 Å². The normalized spacial score (nSPS) is 13.2. The summed E-state index contributed by atoms with van der Waals surface area (Å²) < 4.78 is 0. The zero-order valence-corrected chi connectivity index (χ0v) is 13.5. The Labute approximate surface area is 131 Å². The molecule has 1 aliphatic heterocycles. The van der Waals surface area contributed by atoms with Crippen molar-refractivity contribution in [3.05, 3.63) is 48.5 Å². The van der Waals surface area contributed by atoms with Gasteiger partial charge in [-0.2, -0.15) is 0 Å². The van der Waals surface area contributed by atoms with Crippen LogP contribution in [0.3, 0.4) is 0 Å². The fraction of sp³-hybridized carbons (Fsp3) is 0.333. The van der Waals surface area contributed by atoms with Crippen LogP contribution >= 0.6 is 11.8 Å². The van der Waals surface area contributed by atoms with Crippen molar-refractivity contribution in [1.82, 2.24) is 5.32 Å². The third-order valence-electron chi connectivity index (χ3n) is 3.60. The molecule has 1 aliphatic rings. The molecule has 0 saturated heterocycles. The van der Waals surface area contributed by atoms with Crippen molar-refractivity contribution in [2.75, 3.05) is 24.5 Å². The number of nitrogens with zero attached hydrogens (tertiary/aromatic N) is 1. The van der Waals surface area contributed by atoms with E-state index in [0.717, 1.165) is 19.6 Å². The third kappa shape index (κ3) is 3.25. The summed E-state index contributed by atoms with van der Waals surface area (Å²) in [6.07, 6.45) is 0. The van der Waals surface area contributed by atoms with Gasteiger partial charge in [0.2, 0.25) is 0 Å². The lowest BCUT2D eigenvalue weighted by atomic mass is 10.2. The predicted octanol–water partition coefficient (Wildman–Crippen LogP) is 4.53. The van der Waals surface area contributed by atoms with E-state index >= 15 is 0 Å². The van der Waals surface area contributed by atoms with Gasteiger partial charge < -0.3 is 10.2 Å². The van der Waals surface area contributed by atoms with Crippen LogP contribution < -0.4 is 10.2 Å². The molecule has 0 amide bonds. The number of benzene rings is 2. The van der Waals surface area contributed by atoms with Gasteiger partial charge in [-0.15, -0.1) is 0 Å². The van der Waals surface area contributed by atoms with E-state index in [1.165, 1.54) is 21.2 Å². The van der Waals surface area contributed by atoms with E-state index in [4.69, 9.17) is 0 Å². The van der Waals surface area contributed by atoms with Crippen LogP contribution in [0.15, 0.2) is 58.3 Å². The van der Waals surface area contributed by atoms with Crippen LogP contribution in [0.1, 0.15) is 13.8 Å². The highest BCUT2D eigenvalue weighted by Crippen LogP contribution is 2.47. The van der Waals surface area contributed by atoms with Crippen LogP contribution in [0.25, 0.3) is 0 Å². The Balaban J connectivity index is 1.81. The highest BCUT2D eigenvalue weighted by molar-refractivity contribution is 7.99. The molecule has 21 heavy (non-hydrogen) atoms. The van der Waals surface area contributed by atoms with Gasteiger partial charge in [0.25, 0.3) is 0 Å². The summed E-state index contributed by atoms with van der Waals surface area (Å²) in [6, 6.07) is 17.4. The Morgan fingerprint density at radius 2 is 1.52 bits per heavy atom. The molecular formula is C18H22N2S. The molecule has 0 saturated carbocycles. The second-order valence-corrected chi connectivity index (χ2v) is 6.87. The summed E-state index contributed by atoms with van der Waals surface area (Å²) in [4.78, 5) is 5.13. The predicted molar refractivity (Wildman–Crippen MR) is 91.7 cm³/mol. The number of hydrogen-bond donors (Lipinski definition) is 1. The van der Waals surface area contributed by atoms with Crippen LogP contribution in [0, 0.1) is 5.92 Å². The van der Waals surface area contributed by atoms with Gasteiger partial charge in [0.15, 0.2) is 0 Å². The van der Waals surface area contributed by atoms with E-state index in [-0.39, 0.29) is 0 Å². The van der Waals surface area contributed by atoms with Crippen molar-refractivity contribution in [1.29, 1.82) is 0 Å². The topological polar surface area (TPSA) is 15.3 Å². The highest BCUT2D eigenvalue weighted by atomic mass is 32.2. The molecule has 0 unspecified atom stereocenters. The molecule has 0 spiro atoms. The molecular weight excluding hydrogens is 276 g/mol. The molecule has 3 rings (SSSR count). The molecule has 2 aromatic rings. The van der Waals surface area contributed by atoms with Crippen LogP contribution in [-0.4, -0.2) is 19.6 Å².